The number of allylic oxidation sites excluding steroid dienone is 1. The average molecular weight is 195 g/mol. The molecule has 1 aromatic rings. The van der Waals surface area contributed by atoms with Crippen LogP contribution in [0, 0.1) is 13.8 Å². The third-order valence-corrected chi connectivity index (χ3v) is 2.00. The molecule has 0 bridgehead atoms. The predicted molar refractivity (Wildman–Crippen MR) is 55.2 cm³/mol. The van der Waals surface area contributed by atoms with Crippen molar-refractivity contribution in [2.75, 3.05) is 0 Å². The quantitative estimate of drug-likeness (QED) is 0.522. The zero-order valence-corrected chi connectivity index (χ0v) is 8.43. The van der Waals surface area contributed by atoms with Gasteiger partial charge in [-0.2, -0.15) is 0 Å². The standard InChI is InChI=1S/C11H11ClO/c1-8-3-4-9(2)10(7-8)11(13)5-6-12/h3-7H,1-2H3/b6-5+. The Morgan fingerprint density at radius 2 is 2.08 bits per heavy atom. The van der Waals surface area contributed by atoms with Crippen LogP contribution >= 0.6 is 11.6 Å². The Kier molecular flexibility index (Phi) is 3.26. The van der Waals surface area contributed by atoms with Gasteiger partial charge in [-0.25, -0.2) is 0 Å². The van der Waals surface area contributed by atoms with Gasteiger partial charge in [0.25, 0.3) is 0 Å². The highest BCUT2D eigenvalue weighted by Gasteiger charge is 2.04. The summed E-state index contributed by atoms with van der Waals surface area (Å²) in [6.07, 6.45) is 1.36. The summed E-state index contributed by atoms with van der Waals surface area (Å²) < 4.78 is 0. The second kappa shape index (κ2) is 4.24. The van der Waals surface area contributed by atoms with Crippen molar-refractivity contribution in [3.63, 3.8) is 0 Å². The largest absolute Gasteiger partial charge is 0.289 e. The van der Waals surface area contributed by atoms with E-state index in [1.54, 1.807) is 0 Å². The highest BCUT2D eigenvalue weighted by Crippen LogP contribution is 2.11. The van der Waals surface area contributed by atoms with Gasteiger partial charge in [0.15, 0.2) is 5.78 Å². The summed E-state index contributed by atoms with van der Waals surface area (Å²) in [6.45, 7) is 3.87. The highest BCUT2D eigenvalue weighted by atomic mass is 35.5. The van der Waals surface area contributed by atoms with Crippen LogP contribution in [-0.2, 0) is 0 Å². The molecule has 0 heterocycles. The van der Waals surface area contributed by atoms with Crippen LogP contribution in [0.25, 0.3) is 0 Å². The van der Waals surface area contributed by atoms with Gasteiger partial charge in [0, 0.05) is 11.1 Å². The molecule has 13 heavy (non-hydrogen) atoms. The predicted octanol–water partition coefficient (Wildman–Crippen LogP) is 3.24. The van der Waals surface area contributed by atoms with Gasteiger partial charge in [-0.1, -0.05) is 29.3 Å². The number of hydrogen-bond acceptors (Lipinski definition) is 1. The fraction of sp³-hybridized carbons (Fsp3) is 0.182. The molecule has 0 unspecified atom stereocenters. The third-order valence-electron chi connectivity index (χ3n) is 1.87. The highest BCUT2D eigenvalue weighted by molar-refractivity contribution is 6.27. The number of benzene rings is 1. The van der Waals surface area contributed by atoms with Crippen molar-refractivity contribution in [1.82, 2.24) is 0 Å². The topological polar surface area (TPSA) is 17.1 Å². The molecule has 0 spiro atoms. The van der Waals surface area contributed by atoms with Gasteiger partial charge in [0.05, 0.1) is 0 Å². The number of halogens is 1. The zero-order chi connectivity index (χ0) is 9.84. The first-order chi connectivity index (χ1) is 6.15. The van der Waals surface area contributed by atoms with E-state index in [2.05, 4.69) is 0 Å². The average Bonchev–Trinajstić information content (AvgIpc) is 2.09. The van der Waals surface area contributed by atoms with Crippen LogP contribution in [0.2, 0.25) is 0 Å². The maximum Gasteiger partial charge on any atom is 0.186 e. The summed E-state index contributed by atoms with van der Waals surface area (Å²) in [5.41, 5.74) is 4.02. The molecule has 0 N–H and O–H groups in total. The molecular formula is C11H11ClO. The minimum absolute atomic E-state index is 0.0452. The van der Waals surface area contributed by atoms with E-state index in [-0.39, 0.29) is 5.78 Å². The molecule has 0 aliphatic carbocycles. The first-order valence-corrected chi connectivity index (χ1v) is 4.47. The molecule has 0 saturated heterocycles. The van der Waals surface area contributed by atoms with Crippen LogP contribution < -0.4 is 0 Å². The molecule has 1 rings (SSSR count). The van der Waals surface area contributed by atoms with Crippen molar-refractivity contribution in [3.05, 3.63) is 46.5 Å². The SMILES string of the molecule is Cc1ccc(C)c(C(=O)/C=C/Cl)c1. The van der Waals surface area contributed by atoms with Gasteiger partial charge in [-0.05, 0) is 31.6 Å². The Bertz CT molecular complexity index is 353. The summed E-state index contributed by atoms with van der Waals surface area (Å²) in [6, 6.07) is 5.79. The molecule has 0 saturated carbocycles. The second-order valence-corrected chi connectivity index (χ2v) is 3.23. The van der Waals surface area contributed by atoms with E-state index in [0.29, 0.717) is 0 Å². The molecule has 0 aliphatic heterocycles. The Balaban J connectivity index is 3.13. The fourth-order valence-electron chi connectivity index (χ4n) is 1.15. The fourth-order valence-corrected chi connectivity index (χ4v) is 1.26. The smallest absolute Gasteiger partial charge is 0.186 e. The third kappa shape index (κ3) is 2.43. The van der Waals surface area contributed by atoms with Crippen LogP contribution in [0.3, 0.4) is 0 Å². The Hall–Kier alpha value is -1.08. The summed E-state index contributed by atoms with van der Waals surface area (Å²) in [7, 11) is 0. The van der Waals surface area contributed by atoms with Crippen molar-refractivity contribution in [3.8, 4) is 0 Å². The van der Waals surface area contributed by atoms with Crippen LogP contribution in [0.15, 0.2) is 29.8 Å². The lowest BCUT2D eigenvalue weighted by Crippen LogP contribution is -1.97. The first kappa shape index (κ1) is 10.0. The van der Waals surface area contributed by atoms with E-state index in [9.17, 15) is 4.79 Å². The van der Waals surface area contributed by atoms with E-state index < -0.39 is 0 Å². The van der Waals surface area contributed by atoms with Gasteiger partial charge >= 0.3 is 0 Å². The van der Waals surface area contributed by atoms with Crippen LogP contribution in [-0.4, -0.2) is 5.78 Å². The Labute approximate surface area is 83.0 Å². The molecule has 2 heteroatoms. The molecular weight excluding hydrogens is 184 g/mol. The second-order valence-electron chi connectivity index (χ2n) is 2.98. The van der Waals surface area contributed by atoms with E-state index in [1.165, 1.54) is 11.6 Å². The lowest BCUT2D eigenvalue weighted by molar-refractivity contribution is 0.104. The molecule has 1 nitrogen and oxygen atoms in total. The number of carbonyl (C=O) groups excluding carboxylic acids is 1. The van der Waals surface area contributed by atoms with E-state index in [0.717, 1.165) is 16.7 Å². The molecule has 0 atom stereocenters. The van der Waals surface area contributed by atoms with Crippen molar-refractivity contribution in [2.24, 2.45) is 0 Å². The van der Waals surface area contributed by atoms with Gasteiger partial charge in [-0.3, -0.25) is 4.79 Å². The van der Waals surface area contributed by atoms with Crippen LogP contribution in [0.4, 0.5) is 0 Å². The monoisotopic (exact) mass is 194 g/mol. The summed E-state index contributed by atoms with van der Waals surface area (Å²) in [4.78, 5) is 11.4. The lowest BCUT2D eigenvalue weighted by atomic mass is 10.0. The Morgan fingerprint density at radius 1 is 1.38 bits per heavy atom. The van der Waals surface area contributed by atoms with Crippen LogP contribution in [0.1, 0.15) is 21.5 Å². The Morgan fingerprint density at radius 3 is 2.69 bits per heavy atom. The molecule has 1 aromatic carbocycles. The summed E-state index contributed by atoms with van der Waals surface area (Å²) in [5, 5.41) is 0. The van der Waals surface area contributed by atoms with Crippen molar-refractivity contribution in [2.45, 2.75) is 13.8 Å². The number of hydrogen-bond donors (Lipinski definition) is 0. The molecule has 0 aromatic heterocycles. The minimum Gasteiger partial charge on any atom is -0.289 e. The van der Waals surface area contributed by atoms with Crippen LogP contribution in [0.5, 0.6) is 0 Å². The molecule has 0 amide bonds. The van der Waals surface area contributed by atoms with Gasteiger partial charge in [0.1, 0.15) is 0 Å². The van der Waals surface area contributed by atoms with Crippen molar-refractivity contribution in [1.29, 1.82) is 0 Å². The van der Waals surface area contributed by atoms with Gasteiger partial charge in [0.2, 0.25) is 0 Å². The molecule has 0 aliphatic rings. The van der Waals surface area contributed by atoms with Gasteiger partial charge < -0.3 is 0 Å². The molecule has 68 valence electrons. The first-order valence-electron chi connectivity index (χ1n) is 4.03. The number of carbonyl (C=O) groups is 1. The maximum atomic E-state index is 11.4. The summed E-state index contributed by atoms with van der Waals surface area (Å²) >= 11 is 5.34. The van der Waals surface area contributed by atoms with Crippen molar-refractivity contribution >= 4 is 17.4 Å². The van der Waals surface area contributed by atoms with E-state index in [4.69, 9.17) is 11.6 Å². The number of ketones is 1. The molecule has 0 fully saturated rings. The van der Waals surface area contributed by atoms with E-state index in [1.807, 2.05) is 32.0 Å². The van der Waals surface area contributed by atoms with E-state index >= 15 is 0 Å². The zero-order valence-electron chi connectivity index (χ0n) is 7.67. The van der Waals surface area contributed by atoms with Crippen molar-refractivity contribution < 1.29 is 4.79 Å². The lowest BCUT2D eigenvalue weighted by Gasteiger charge is -2.02. The minimum atomic E-state index is -0.0452. The number of aryl methyl sites for hydroxylation is 2. The normalized spacial score (nSPS) is 10.7. The summed E-state index contributed by atoms with van der Waals surface area (Å²) in [5.74, 6) is -0.0452. The molecule has 0 radical (unpaired) electrons. The van der Waals surface area contributed by atoms with Gasteiger partial charge in [-0.15, -0.1) is 0 Å². The number of rotatable bonds is 2. The maximum absolute atomic E-state index is 11.4.